The summed E-state index contributed by atoms with van der Waals surface area (Å²) in [7, 11) is -2.89. The lowest BCUT2D eigenvalue weighted by Gasteiger charge is -2.15. The first-order valence-corrected chi connectivity index (χ1v) is 7.53. The smallest absolute Gasteiger partial charge is 0.154 e. The number of aryl methyl sites for hydroxylation is 1. The van der Waals surface area contributed by atoms with E-state index in [0.29, 0.717) is 18.0 Å². The van der Waals surface area contributed by atoms with Crippen LogP contribution in [0.15, 0.2) is 18.2 Å². The number of nitrogens with one attached hydrogen (secondary N) is 1. The van der Waals surface area contributed by atoms with Gasteiger partial charge in [0.05, 0.1) is 22.4 Å². The van der Waals surface area contributed by atoms with Gasteiger partial charge in [0.25, 0.3) is 0 Å². The Morgan fingerprint density at radius 3 is 2.82 bits per heavy atom. The van der Waals surface area contributed by atoms with Crippen LogP contribution < -0.4 is 11.1 Å². The summed E-state index contributed by atoms with van der Waals surface area (Å²) in [6, 6.07) is 5.67. The fourth-order valence-corrected chi connectivity index (χ4v) is 4.00. The molecule has 1 aromatic carbocycles. The van der Waals surface area contributed by atoms with Gasteiger partial charge in [-0.1, -0.05) is 12.1 Å². The second-order valence-corrected chi connectivity index (χ2v) is 6.95. The first kappa shape index (κ1) is 12.2. The Hall–Kier alpha value is -1.23. The lowest BCUT2D eigenvalue weighted by Crippen LogP contribution is -2.25. The van der Waals surface area contributed by atoms with Crippen molar-refractivity contribution >= 4 is 21.2 Å². The molecule has 1 saturated heterocycles. The summed E-state index contributed by atoms with van der Waals surface area (Å²) < 4.78 is 23.4. The fraction of sp³-hybridized carbons (Fsp3) is 0.500. The van der Waals surface area contributed by atoms with Crippen LogP contribution in [0.5, 0.6) is 0 Å². The van der Waals surface area contributed by atoms with Crippen LogP contribution in [0.2, 0.25) is 0 Å². The topological polar surface area (TPSA) is 72.2 Å². The molecule has 1 aliphatic heterocycles. The van der Waals surface area contributed by atoms with Crippen LogP contribution in [0.4, 0.5) is 11.4 Å². The quantitative estimate of drug-likeness (QED) is 0.803. The van der Waals surface area contributed by atoms with Crippen molar-refractivity contribution in [3.63, 3.8) is 0 Å². The van der Waals surface area contributed by atoms with Crippen LogP contribution in [0.1, 0.15) is 18.4 Å². The number of sulfone groups is 1. The van der Waals surface area contributed by atoms with Crippen LogP contribution in [0, 0.1) is 6.92 Å². The molecule has 5 heteroatoms. The number of anilines is 2. The Morgan fingerprint density at radius 2 is 2.24 bits per heavy atom. The molecule has 94 valence electrons. The number of hydrogen-bond donors (Lipinski definition) is 2. The second kappa shape index (κ2) is 4.56. The monoisotopic (exact) mass is 254 g/mol. The minimum absolute atomic E-state index is 0.262. The molecule has 17 heavy (non-hydrogen) atoms. The van der Waals surface area contributed by atoms with Crippen molar-refractivity contribution in [1.29, 1.82) is 0 Å². The van der Waals surface area contributed by atoms with Crippen molar-refractivity contribution in [3.8, 4) is 0 Å². The molecule has 1 aliphatic rings. The zero-order valence-corrected chi connectivity index (χ0v) is 10.8. The fourth-order valence-electron chi connectivity index (χ4n) is 2.24. The van der Waals surface area contributed by atoms with Crippen LogP contribution >= 0.6 is 0 Å². The number of hydrogen-bond acceptors (Lipinski definition) is 4. The van der Waals surface area contributed by atoms with Crippen LogP contribution in [0.25, 0.3) is 0 Å². The van der Waals surface area contributed by atoms with Gasteiger partial charge >= 0.3 is 0 Å². The van der Waals surface area contributed by atoms with Gasteiger partial charge in [0.15, 0.2) is 9.84 Å². The van der Waals surface area contributed by atoms with E-state index in [-0.39, 0.29) is 5.25 Å². The molecule has 1 heterocycles. The van der Waals surface area contributed by atoms with E-state index in [1.165, 1.54) is 0 Å². The van der Waals surface area contributed by atoms with Gasteiger partial charge in [0.1, 0.15) is 0 Å². The van der Waals surface area contributed by atoms with Crippen molar-refractivity contribution in [3.05, 3.63) is 23.8 Å². The highest BCUT2D eigenvalue weighted by molar-refractivity contribution is 7.92. The van der Waals surface area contributed by atoms with E-state index < -0.39 is 9.84 Å². The largest absolute Gasteiger partial charge is 0.397 e. The molecule has 0 aliphatic carbocycles. The minimum Gasteiger partial charge on any atom is -0.397 e. The molecule has 0 saturated carbocycles. The summed E-state index contributed by atoms with van der Waals surface area (Å²) in [5.41, 5.74) is 8.43. The van der Waals surface area contributed by atoms with Crippen LogP contribution in [0.3, 0.4) is 0 Å². The van der Waals surface area contributed by atoms with Gasteiger partial charge in [0.2, 0.25) is 0 Å². The lowest BCUT2D eigenvalue weighted by molar-refractivity contribution is 0.591. The summed E-state index contributed by atoms with van der Waals surface area (Å²) in [6.45, 7) is 2.42. The van der Waals surface area contributed by atoms with Crippen LogP contribution in [-0.2, 0) is 9.84 Å². The van der Waals surface area contributed by atoms with Crippen molar-refractivity contribution in [2.75, 3.05) is 23.3 Å². The number of nitrogen functional groups attached to an aromatic ring is 1. The highest BCUT2D eigenvalue weighted by Crippen LogP contribution is 2.25. The number of nitrogens with two attached hydrogens (primary N) is 1. The molecule has 1 fully saturated rings. The average Bonchev–Trinajstić information content (AvgIpc) is 2.57. The second-order valence-electron chi connectivity index (χ2n) is 4.55. The van der Waals surface area contributed by atoms with Gasteiger partial charge < -0.3 is 11.1 Å². The summed E-state index contributed by atoms with van der Waals surface area (Å²) in [5, 5.41) is 2.91. The molecular weight excluding hydrogens is 236 g/mol. The van der Waals surface area contributed by atoms with Crippen LogP contribution in [-0.4, -0.2) is 26.0 Å². The molecule has 0 amide bonds. The normalized spacial score (nSPS) is 22.5. The zero-order valence-electron chi connectivity index (χ0n) is 9.94. The molecule has 1 atom stereocenters. The molecule has 0 bridgehead atoms. The first-order chi connectivity index (χ1) is 8.00. The third kappa shape index (κ3) is 2.54. The molecule has 4 nitrogen and oxygen atoms in total. The van der Waals surface area contributed by atoms with Gasteiger partial charge in [-0.05, 0) is 31.4 Å². The SMILES string of the molecule is Cc1cccc(N)c1NCC1CCCS1(=O)=O. The van der Waals surface area contributed by atoms with Gasteiger partial charge in [-0.15, -0.1) is 0 Å². The Balaban J connectivity index is 2.08. The maximum absolute atomic E-state index is 11.7. The zero-order chi connectivity index (χ0) is 12.5. The van der Waals surface area contributed by atoms with E-state index in [9.17, 15) is 8.42 Å². The van der Waals surface area contributed by atoms with Gasteiger partial charge in [-0.25, -0.2) is 8.42 Å². The highest BCUT2D eigenvalue weighted by Gasteiger charge is 2.30. The summed E-state index contributed by atoms with van der Waals surface area (Å²) in [4.78, 5) is 0. The number of benzene rings is 1. The van der Waals surface area contributed by atoms with Crippen molar-refractivity contribution in [2.24, 2.45) is 0 Å². The van der Waals surface area contributed by atoms with E-state index in [0.717, 1.165) is 24.1 Å². The lowest BCUT2D eigenvalue weighted by atomic mass is 10.1. The standard InChI is InChI=1S/C12H18N2O2S/c1-9-4-2-6-11(13)12(9)14-8-10-5-3-7-17(10,15)16/h2,4,6,10,14H,3,5,7-8,13H2,1H3. The summed E-state index contributed by atoms with van der Waals surface area (Å²) in [6.07, 6.45) is 1.53. The Morgan fingerprint density at radius 1 is 1.47 bits per heavy atom. The Kier molecular flexibility index (Phi) is 3.28. The molecule has 0 radical (unpaired) electrons. The number of rotatable bonds is 3. The molecule has 1 unspecified atom stereocenters. The molecule has 2 rings (SSSR count). The van der Waals surface area contributed by atoms with E-state index in [2.05, 4.69) is 5.32 Å². The van der Waals surface area contributed by atoms with Crippen molar-refractivity contribution in [2.45, 2.75) is 25.0 Å². The van der Waals surface area contributed by atoms with Crippen molar-refractivity contribution in [1.82, 2.24) is 0 Å². The van der Waals surface area contributed by atoms with Gasteiger partial charge in [-0.2, -0.15) is 0 Å². The minimum atomic E-state index is -2.89. The molecule has 3 N–H and O–H groups in total. The van der Waals surface area contributed by atoms with E-state index in [1.54, 1.807) is 0 Å². The predicted molar refractivity (Wildman–Crippen MR) is 70.9 cm³/mol. The molecule has 1 aromatic rings. The van der Waals surface area contributed by atoms with Gasteiger partial charge in [0, 0.05) is 6.54 Å². The predicted octanol–water partition coefficient (Wildman–Crippen LogP) is 1.57. The van der Waals surface area contributed by atoms with E-state index >= 15 is 0 Å². The average molecular weight is 254 g/mol. The maximum atomic E-state index is 11.7. The summed E-state index contributed by atoms with van der Waals surface area (Å²) in [5.74, 6) is 0.322. The van der Waals surface area contributed by atoms with Gasteiger partial charge in [-0.3, -0.25) is 0 Å². The first-order valence-electron chi connectivity index (χ1n) is 5.81. The molecular formula is C12H18N2O2S. The van der Waals surface area contributed by atoms with E-state index in [4.69, 9.17) is 5.73 Å². The van der Waals surface area contributed by atoms with E-state index in [1.807, 2.05) is 25.1 Å². The summed E-state index contributed by atoms with van der Waals surface area (Å²) >= 11 is 0. The Labute approximate surface area is 102 Å². The third-order valence-electron chi connectivity index (χ3n) is 3.27. The Bertz CT molecular complexity index is 491. The third-order valence-corrected chi connectivity index (χ3v) is 5.55. The van der Waals surface area contributed by atoms with Crippen molar-refractivity contribution < 1.29 is 8.42 Å². The molecule has 0 aromatic heterocycles. The maximum Gasteiger partial charge on any atom is 0.154 e. The molecule has 0 spiro atoms. The highest BCUT2D eigenvalue weighted by atomic mass is 32.2. The number of para-hydroxylation sites is 1.